The molecule has 1 fully saturated rings. The summed E-state index contributed by atoms with van der Waals surface area (Å²) in [6, 6.07) is 10.6. The molecule has 36 heavy (non-hydrogen) atoms. The Labute approximate surface area is 216 Å². The monoisotopic (exact) mass is 526 g/mol. The smallest absolute Gasteiger partial charge is 0.350 e. The molecule has 0 radical (unpaired) electrons. The van der Waals surface area contributed by atoms with Gasteiger partial charge in [-0.25, -0.2) is 9.78 Å². The maximum atomic E-state index is 13.3. The molecule has 4 rings (SSSR count). The van der Waals surface area contributed by atoms with Crippen molar-refractivity contribution in [3.63, 3.8) is 0 Å². The minimum atomic E-state index is -0.995. The van der Waals surface area contributed by atoms with E-state index in [9.17, 15) is 19.5 Å². The van der Waals surface area contributed by atoms with Gasteiger partial charge in [0, 0.05) is 10.6 Å². The number of nitrogens with zero attached hydrogens (tertiary/aromatic N) is 2. The highest BCUT2D eigenvalue weighted by Crippen LogP contribution is 2.44. The van der Waals surface area contributed by atoms with Gasteiger partial charge >= 0.3 is 11.9 Å². The van der Waals surface area contributed by atoms with Gasteiger partial charge in [-0.3, -0.25) is 14.5 Å². The molecule has 1 N–H and O–H groups in total. The van der Waals surface area contributed by atoms with Crippen LogP contribution < -0.4 is 9.64 Å². The molecular weight excluding hydrogens is 504 g/mol. The van der Waals surface area contributed by atoms with Crippen molar-refractivity contribution in [3.8, 4) is 5.75 Å². The van der Waals surface area contributed by atoms with E-state index >= 15 is 0 Å². The molecule has 0 spiro atoms. The van der Waals surface area contributed by atoms with E-state index in [1.165, 1.54) is 12.0 Å². The number of aliphatic hydroxyl groups excluding tert-OH is 1. The number of amides is 1. The fraction of sp³-hybridized carbons (Fsp3) is 0.231. The lowest BCUT2D eigenvalue weighted by Crippen LogP contribution is -2.29. The number of aromatic nitrogens is 1. The summed E-state index contributed by atoms with van der Waals surface area (Å²) in [5, 5.41) is 11.9. The summed E-state index contributed by atoms with van der Waals surface area (Å²) in [6.07, 6.45) is 0. The lowest BCUT2D eigenvalue weighted by molar-refractivity contribution is -0.132. The molecule has 8 nitrogen and oxygen atoms in total. The summed E-state index contributed by atoms with van der Waals surface area (Å²) in [5.74, 6) is -2.02. The number of ketones is 1. The average Bonchev–Trinajstić information content (AvgIpc) is 3.36. The first-order valence-electron chi connectivity index (χ1n) is 11.0. The van der Waals surface area contributed by atoms with Crippen LogP contribution in [0.4, 0.5) is 5.13 Å². The van der Waals surface area contributed by atoms with Crippen molar-refractivity contribution in [2.45, 2.75) is 26.8 Å². The number of hydrogen-bond acceptors (Lipinski definition) is 8. The van der Waals surface area contributed by atoms with Gasteiger partial charge in [-0.1, -0.05) is 35.1 Å². The zero-order valence-corrected chi connectivity index (χ0v) is 21.6. The van der Waals surface area contributed by atoms with Crippen LogP contribution >= 0.6 is 22.9 Å². The topological polar surface area (TPSA) is 106 Å². The summed E-state index contributed by atoms with van der Waals surface area (Å²) in [7, 11) is 1.54. The van der Waals surface area contributed by atoms with Crippen LogP contribution in [0.2, 0.25) is 5.02 Å². The molecule has 1 aliphatic heterocycles. The Bertz CT molecular complexity index is 1400. The van der Waals surface area contributed by atoms with E-state index in [-0.39, 0.29) is 27.9 Å². The maximum absolute atomic E-state index is 13.3. The minimum absolute atomic E-state index is 0.0996. The fourth-order valence-electron chi connectivity index (χ4n) is 4.04. The van der Waals surface area contributed by atoms with Gasteiger partial charge in [-0.05, 0) is 62.2 Å². The van der Waals surface area contributed by atoms with Gasteiger partial charge in [-0.2, -0.15) is 0 Å². The molecule has 1 unspecified atom stereocenters. The lowest BCUT2D eigenvalue weighted by atomic mass is 9.95. The number of methoxy groups -OCH3 is 1. The number of halogens is 1. The molecule has 1 aliphatic rings. The van der Waals surface area contributed by atoms with Crippen LogP contribution in [0.25, 0.3) is 5.76 Å². The van der Waals surface area contributed by atoms with Crippen LogP contribution in [-0.2, 0) is 14.3 Å². The normalized spacial score (nSPS) is 16.9. The maximum Gasteiger partial charge on any atom is 0.350 e. The molecular formula is C26H23ClN2O6S. The van der Waals surface area contributed by atoms with Gasteiger partial charge in [0.2, 0.25) is 0 Å². The predicted octanol–water partition coefficient (Wildman–Crippen LogP) is 5.22. The Morgan fingerprint density at radius 2 is 1.86 bits per heavy atom. The number of aliphatic hydroxyl groups is 1. The second-order valence-corrected chi connectivity index (χ2v) is 9.45. The van der Waals surface area contributed by atoms with E-state index in [2.05, 4.69) is 4.98 Å². The Morgan fingerprint density at radius 3 is 2.47 bits per heavy atom. The minimum Gasteiger partial charge on any atom is -0.507 e. The predicted molar refractivity (Wildman–Crippen MR) is 137 cm³/mol. The Hall–Kier alpha value is -3.69. The van der Waals surface area contributed by atoms with Gasteiger partial charge in [0.25, 0.3) is 5.78 Å². The number of rotatable bonds is 6. The van der Waals surface area contributed by atoms with Gasteiger partial charge in [0.1, 0.15) is 16.4 Å². The highest BCUT2D eigenvalue weighted by molar-refractivity contribution is 7.17. The summed E-state index contributed by atoms with van der Waals surface area (Å²) in [5.41, 5.74) is 1.91. The van der Waals surface area contributed by atoms with Crippen LogP contribution in [-0.4, -0.2) is 41.5 Å². The highest BCUT2D eigenvalue weighted by Gasteiger charge is 2.48. The number of carbonyl (C=O) groups is 3. The average molecular weight is 527 g/mol. The van der Waals surface area contributed by atoms with E-state index in [1.807, 2.05) is 0 Å². The molecule has 10 heteroatoms. The molecule has 186 valence electrons. The van der Waals surface area contributed by atoms with E-state index in [4.69, 9.17) is 21.1 Å². The largest absolute Gasteiger partial charge is 0.507 e. The number of esters is 1. The lowest BCUT2D eigenvalue weighted by Gasteiger charge is -2.23. The first-order valence-corrected chi connectivity index (χ1v) is 12.2. The van der Waals surface area contributed by atoms with Gasteiger partial charge in [-0.15, -0.1) is 0 Å². The van der Waals surface area contributed by atoms with Crippen LogP contribution in [0, 0.1) is 13.8 Å². The number of anilines is 1. The SMILES string of the molecule is CCOC(=O)c1sc(N2C(=O)C(=O)C(=C(O)c3ccc(OC)c(C)c3)C2c2ccc(Cl)cc2)nc1C. The van der Waals surface area contributed by atoms with Gasteiger partial charge < -0.3 is 14.6 Å². The molecule has 2 aromatic carbocycles. The third-order valence-electron chi connectivity index (χ3n) is 5.75. The van der Waals surface area contributed by atoms with Crippen LogP contribution in [0.5, 0.6) is 5.75 Å². The van der Waals surface area contributed by atoms with E-state index in [0.717, 1.165) is 16.9 Å². The molecule has 0 aliphatic carbocycles. The second kappa shape index (κ2) is 10.1. The fourth-order valence-corrected chi connectivity index (χ4v) is 5.16. The number of carbonyl (C=O) groups excluding carboxylic acids is 3. The Balaban J connectivity index is 1.91. The number of Topliss-reactive ketones (excluding diaryl/α,β-unsaturated/α-hetero) is 1. The summed E-state index contributed by atoms with van der Waals surface area (Å²) in [6.45, 7) is 5.30. The van der Waals surface area contributed by atoms with Crippen molar-refractivity contribution < 1.29 is 29.0 Å². The van der Waals surface area contributed by atoms with Crippen molar-refractivity contribution in [1.82, 2.24) is 4.98 Å². The molecule has 3 aromatic rings. The quantitative estimate of drug-likeness (QED) is 0.203. The summed E-state index contributed by atoms with van der Waals surface area (Å²) >= 11 is 7.03. The number of aryl methyl sites for hydroxylation is 2. The Kier molecular flexibility index (Phi) is 7.14. The molecule has 0 bridgehead atoms. The van der Waals surface area contributed by atoms with Crippen molar-refractivity contribution in [2.24, 2.45) is 0 Å². The summed E-state index contributed by atoms with van der Waals surface area (Å²) in [4.78, 5) is 44.8. The zero-order valence-electron chi connectivity index (χ0n) is 20.0. The molecule has 2 heterocycles. The van der Waals surface area contributed by atoms with E-state index in [0.29, 0.717) is 27.6 Å². The molecule has 1 amide bonds. The molecule has 0 saturated carbocycles. The van der Waals surface area contributed by atoms with Gasteiger partial charge in [0.05, 0.1) is 31.0 Å². The Morgan fingerprint density at radius 1 is 1.17 bits per heavy atom. The van der Waals surface area contributed by atoms with Crippen LogP contribution in [0.1, 0.15) is 45.0 Å². The number of thiazole rings is 1. The van der Waals surface area contributed by atoms with E-state index < -0.39 is 23.7 Å². The zero-order chi connectivity index (χ0) is 26.1. The molecule has 1 aromatic heterocycles. The van der Waals surface area contributed by atoms with Crippen LogP contribution in [0.3, 0.4) is 0 Å². The van der Waals surface area contributed by atoms with E-state index in [1.54, 1.807) is 63.2 Å². The summed E-state index contributed by atoms with van der Waals surface area (Å²) < 4.78 is 10.4. The van der Waals surface area contributed by atoms with Crippen molar-refractivity contribution in [1.29, 1.82) is 0 Å². The number of hydrogen-bond donors (Lipinski definition) is 1. The second-order valence-electron chi connectivity index (χ2n) is 8.04. The number of benzene rings is 2. The third kappa shape index (κ3) is 4.47. The van der Waals surface area contributed by atoms with Crippen molar-refractivity contribution in [2.75, 3.05) is 18.6 Å². The standard InChI is InChI=1S/C26H23ClN2O6S/c1-5-35-25(33)23-14(3)28-26(36-23)29-20(15-6-9-17(27)10-7-15)19(22(31)24(29)32)21(30)16-8-11-18(34-4)13(2)12-16/h6-12,20,30H,5H2,1-4H3. The van der Waals surface area contributed by atoms with Gasteiger partial charge in [0.15, 0.2) is 5.13 Å². The molecule has 1 atom stereocenters. The third-order valence-corrected chi connectivity index (χ3v) is 7.14. The first kappa shape index (κ1) is 25.4. The number of ether oxygens (including phenoxy) is 2. The van der Waals surface area contributed by atoms with Crippen molar-refractivity contribution in [3.05, 3.63) is 80.3 Å². The molecule has 1 saturated heterocycles. The van der Waals surface area contributed by atoms with Crippen LogP contribution in [0.15, 0.2) is 48.0 Å². The highest BCUT2D eigenvalue weighted by atomic mass is 35.5. The first-order chi connectivity index (χ1) is 17.2. The van der Waals surface area contributed by atoms with Crippen molar-refractivity contribution >= 4 is 51.5 Å².